The molecule has 0 saturated heterocycles. The van der Waals surface area contributed by atoms with E-state index in [-0.39, 0.29) is 0 Å². The smallest absolute Gasteiger partial charge is 0.424 e. The lowest BCUT2D eigenvalue weighted by atomic mass is 9.92. The monoisotopic (exact) mass is 125 g/mol. The third-order valence-electron chi connectivity index (χ3n) is 0.586. The molecule has 3 nitrogen and oxygen atoms in total. The highest BCUT2D eigenvalue weighted by molar-refractivity contribution is 6.47. The predicted molar refractivity (Wildman–Crippen MR) is 38.0 cm³/mol. The second-order valence-electron chi connectivity index (χ2n) is 1.32. The topological polar surface area (TPSA) is 52.8 Å². The minimum absolute atomic E-state index is 1.21. The van der Waals surface area contributed by atoms with Gasteiger partial charge in [-0.2, -0.15) is 0 Å². The molecule has 0 saturated carbocycles. The maximum Gasteiger partial charge on any atom is 0.480 e. The average molecular weight is 125 g/mol. The van der Waals surface area contributed by atoms with Crippen LogP contribution in [-0.2, 0) is 0 Å². The molecule has 0 aromatic heterocycles. The van der Waals surface area contributed by atoms with Crippen LogP contribution in [0.2, 0.25) is 0 Å². The first-order valence-corrected chi connectivity index (χ1v) is 2.42. The molecule has 0 radical (unpaired) electrons. The number of hydrogen-bond acceptors (Lipinski definition) is 3. The van der Waals surface area contributed by atoms with Gasteiger partial charge in [0.25, 0.3) is 0 Å². The molecule has 0 amide bonds. The Hall–Kier alpha value is -0.865. The molecule has 0 spiro atoms. The second-order valence-corrected chi connectivity index (χ2v) is 1.32. The Morgan fingerprint density at radius 3 is 2.44 bits per heavy atom. The summed E-state index contributed by atoms with van der Waals surface area (Å²) in [6, 6.07) is 0. The van der Waals surface area contributed by atoms with Gasteiger partial charge in [0.1, 0.15) is 0 Å². The summed E-state index contributed by atoms with van der Waals surface area (Å²) in [5, 5.41) is 16.5. The van der Waals surface area contributed by atoms with E-state index in [1.165, 1.54) is 18.3 Å². The van der Waals surface area contributed by atoms with E-state index in [9.17, 15) is 0 Å². The minimum atomic E-state index is -1.39. The van der Waals surface area contributed by atoms with Crippen molar-refractivity contribution in [3.8, 4) is 0 Å². The quantitative estimate of drug-likeness (QED) is 0.311. The standard InChI is InChI=1S/C5H8BNO2/c1-7-5-3-2-4-6(8)9/h2-5,8-9H,1H2/b4-2+,5-3-. The Bertz CT molecular complexity index is 131. The fourth-order valence-electron chi connectivity index (χ4n) is 0.274. The van der Waals surface area contributed by atoms with Crippen LogP contribution in [0, 0.1) is 0 Å². The second kappa shape index (κ2) is 5.28. The Balaban J connectivity index is 3.46. The molecule has 2 N–H and O–H groups in total. The molecule has 0 aliphatic rings. The molecule has 0 unspecified atom stereocenters. The molecule has 4 heteroatoms. The summed E-state index contributed by atoms with van der Waals surface area (Å²) in [6.07, 6.45) is 4.46. The summed E-state index contributed by atoms with van der Waals surface area (Å²) >= 11 is 0. The van der Waals surface area contributed by atoms with Crippen LogP contribution in [-0.4, -0.2) is 23.9 Å². The lowest BCUT2D eigenvalue weighted by Crippen LogP contribution is -2.04. The van der Waals surface area contributed by atoms with E-state index in [0.717, 1.165) is 0 Å². The van der Waals surface area contributed by atoms with Crippen molar-refractivity contribution in [3.05, 3.63) is 24.3 Å². The van der Waals surface area contributed by atoms with E-state index in [2.05, 4.69) is 11.7 Å². The number of nitrogens with zero attached hydrogens (tertiary/aromatic N) is 1. The van der Waals surface area contributed by atoms with Crippen LogP contribution in [0.1, 0.15) is 0 Å². The molecule has 0 aromatic carbocycles. The lowest BCUT2D eigenvalue weighted by Gasteiger charge is -1.80. The summed E-state index contributed by atoms with van der Waals surface area (Å²) in [6.45, 7) is 3.18. The lowest BCUT2D eigenvalue weighted by molar-refractivity contribution is 0.424. The molecule has 0 bridgehead atoms. The van der Waals surface area contributed by atoms with Gasteiger partial charge in [0.2, 0.25) is 0 Å². The van der Waals surface area contributed by atoms with E-state index in [1.807, 2.05) is 0 Å². The highest BCUT2D eigenvalue weighted by Gasteiger charge is 1.94. The van der Waals surface area contributed by atoms with Crippen LogP contribution in [0.3, 0.4) is 0 Å². The summed E-state index contributed by atoms with van der Waals surface area (Å²) in [5.74, 6) is 1.21. The molecule has 0 heterocycles. The number of allylic oxidation sites excluding steroid dienone is 2. The molecule has 0 aliphatic heterocycles. The molecule has 9 heavy (non-hydrogen) atoms. The molecule has 0 fully saturated rings. The van der Waals surface area contributed by atoms with E-state index in [0.29, 0.717) is 0 Å². The highest BCUT2D eigenvalue weighted by atomic mass is 16.4. The van der Waals surface area contributed by atoms with Gasteiger partial charge < -0.3 is 10.0 Å². The molecular formula is C5H8BNO2. The third kappa shape index (κ3) is 7.13. The van der Waals surface area contributed by atoms with Gasteiger partial charge in [-0.05, 0) is 12.8 Å². The van der Waals surface area contributed by atoms with Crippen molar-refractivity contribution in [2.75, 3.05) is 0 Å². The van der Waals surface area contributed by atoms with Crippen molar-refractivity contribution in [3.63, 3.8) is 0 Å². The van der Waals surface area contributed by atoms with E-state index >= 15 is 0 Å². The number of hydrogen-bond donors (Lipinski definition) is 2. The van der Waals surface area contributed by atoms with Crippen LogP contribution in [0.4, 0.5) is 0 Å². The van der Waals surface area contributed by atoms with Gasteiger partial charge in [0, 0.05) is 6.20 Å². The zero-order valence-electron chi connectivity index (χ0n) is 4.94. The molecule has 0 aromatic rings. The number of rotatable bonds is 3. The van der Waals surface area contributed by atoms with Gasteiger partial charge in [-0.25, -0.2) is 0 Å². The largest absolute Gasteiger partial charge is 0.480 e. The number of aliphatic imine (C=N–C) groups is 1. The predicted octanol–water partition coefficient (Wildman–Crippen LogP) is -0.231. The average Bonchev–Trinajstić information content (AvgIpc) is 1.80. The summed E-state index contributed by atoms with van der Waals surface area (Å²) in [5.41, 5.74) is 0. The van der Waals surface area contributed by atoms with Gasteiger partial charge in [0.15, 0.2) is 0 Å². The third-order valence-corrected chi connectivity index (χ3v) is 0.586. The fraction of sp³-hybridized carbons (Fsp3) is 0. The first-order chi connectivity index (χ1) is 4.27. The van der Waals surface area contributed by atoms with Gasteiger partial charge in [-0.15, -0.1) is 0 Å². The van der Waals surface area contributed by atoms with Crippen LogP contribution in [0.25, 0.3) is 0 Å². The van der Waals surface area contributed by atoms with Gasteiger partial charge in [-0.1, -0.05) is 12.1 Å². The molecule has 0 atom stereocenters. The van der Waals surface area contributed by atoms with Crippen LogP contribution in [0.15, 0.2) is 29.3 Å². The Morgan fingerprint density at radius 2 is 2.00 bits per heavy atom. The molecule has 0 rings (SSSR count). The van der Waals surface area contributed by atoms with E-state index < -0.39 is 7.12 Å². The van der Waals surface area contributed by atoms with Crippen molar-refractivity contribution in [2.45, 2.75) is 0 Å². The van der Waals surface area contributed by atoms with Crippen LogP contribution in [0.5, 0.6) is 0 Å². The van der Waals surface area contributed by atoms with E-state index in [4.69, 9.17) is 10.0 Å². The van der Waals surface area contributed by atoms with Gasteiger partial charge in [0.05, 0.1) is 0 Å². The van der Waals surface area contributed by atoms with Gasteiger partial charge >= 0.3 is 7.12 Å². The first kappa shape index (κ1) is 8.13. The Kier molecular flexibility index (Phi) is 4.77. The van der Waals surface area contributed by atoms with Crippen molar-refractivity contribution in [2.24, 2.45) is 4.99 Å². The summed E-state index contributed by atoms with van der Waals surface area (Å²) in [7, 11) is -1.39. The minimum Gasteiger partial charge on any atom is -0.424 e. The zero-order chi connectivity index (χ0) is 7.11. The van der Waals surface area contributed by atoms with Crippen molar-refractivity contribution < 1.29 is 10.0 Å². The summed E-state index contributed by atoms with van der Waals surface area (Å²) in [4.78, 5) is 3.39. The first-order valence-electron chi connectivity index (χ1n) is 2.42. The van der Waals surface area contributed by atoms with Crippen LogP contribution < -0.4 is 0 Å². The summed E-state index contributed by atoms with van der Waals surface area (Å²) < 4.78 is 0. The van der Waals surface area contributed by atoms with Crippen molar-refractivity contribution >= 4 is 13.8 Å². The maximum absolute atomic E-state index is 8.24. The van der Waals surface area contributed by atoms with Crippen LogP contribution >= 0.6 is 0 Å². The SMILES string of the molecule is C=N/C=C\C=C\B(O)O. The molecular weight excluding hydrogens is 117 g/mol. The van der Waals surface area contributed by atoms with Crippen molar-refractivity contribution in [1.29, 1.82) is 0 Å². The highest BCUT2D eigenvalue weighted by Crippen LogP contribution is 1.77. The normalized spacial score (nSPS) is 10.9. The van der Waals surface area contributed by atoms with Crippen molar-refractivity contribution in [1.82, 2.24) is 0 Å². The zero-order valence-corrected chi connectivity index (χ0v) is 4.94. The van der Waals surface area contributed by atoms with Gasteiger partial charge in [-0.3, -0.25) is 4.99 Å². The molecule has 48 valence electrons. The maximum atomic E-state index is 8.24. The fourth-order valence-corrected chi connectivity index (χ4v) is 0.274. The Labute approximate surface area is 54.2 Å². The van der Waals surface area contributed by atoms with E-state index in [1.54, 1.807) is 6.08 Å². The molecule has 0 aliphatic carbocycles. The Morgan fingerprint density at radius 1 is 1.33 bits per heavy atom.